The van der Waals surface area contributed by atoms with Crippen LogP contribution in [0, 0.1) is 0 Å². The van der Waals surface area contributed by atoms with Crippen molar-refractivity contribution in [3.8, 4) is 0 Å². The number of aryl methyl sites for hydroxylation is 1. The molecule has 17 heavy (non-hydrogen) atoms. The quantitative estimate of drug-likeness (QED) is 0.853. The third-order valence-electron chi connectivity index (χ3n) is 3.61. The standard InChI is InChI=1S/C13H23N3O/c1-2-16-9-8-15-12(16)10-17-11-13(14)6-4-3-5-7-13/h8-9H,2-7,10-11,14H2,1H3. The number of hydrogen-bond donors (Lipinski definition) is 1. The SMILES string of the molecule is CCn1ccnc1COCC1(N)CCCCC1. The van der Waals surface area contributed by atoms with Gasteiger partial charge in [-0.1, -0.05) is 19.3 Å². The second kappa shape index (κ2) is 5.65. The summed E-state index contributed by atoms with van der Waals surface area (Å²) >= 11 is 0. The highest BCUT2D eigenvalue weighted by Gasteiger charge is 2.27. The first kappa shape index (κ1) is 12.6. The molecule has 1 heterocycles. The van der Waals surface area contributed by atoms with Crippen LogP contribution < -0.4 is 5.73 Å². The summed E-state index contributed by atoms with van der Waals surface area (Å²) in [5, 5.41) is 0. The van der Waals surface area contributed by atoms with E-state index < -0.39 is 0 Å². The highest BCUT2D eigenvalue weighted by Crippen LogP contribution is 2.26. The predicted molar refractivity (Wildman–Crippen MR) is 67.6 cm³/mol. The molecule has 1 saturated carbocycles. The van der Waals surface area contributed by atoms with Gasteiger partial charge in [0.1, 0.15) is 12.4 Å². The highest BCUT2D eigenvalue weighted by molar-refractivity contribution is 4.91. The number of imidazole rings is 1. The van der Waals surface area contributed by atoms with Crippen molar-refractivity contribution in [2.45, 2.75) is 57.7 Å². The van der Waals surface area contributed by atoms with Crippen LogP contribution in [-0.4, -0.2) is 21.7 Å². The molecule has 0 saturated heterocycles. The van der Waals surface area contributed by atoms with E-state index in [9.17, 15) is 0 Å². The Balaban J connectivity index is 1.79. The summed E-state index contributed by atoms with van der Waals surface area (Å²) in [6, 6.07) is 0. The third-order valence-corrected chi connectivity index (χ3v) is 3.61. The summed E-state index contributed by atoms with van der Waals surface area (Å²) in [7, 11) is 0. The molecule has 96 valence electrons. The molecule has 1 aromatic heterocycles. The number of hydrogen-bond acceptors (Lipinski definition) is 3. The smallest absolute Gasteiger partial charge is 0.134 e. The minimum absolute atomic E-state index is 0.0953. The minimum atomic E-state index is -0.0953. The van der Waals surface area contributed by atoms with E-state index in [0.29, 0.717) is 13.2 Å². The van der Waals surface area contributed by atoms with E-state index in [1.807, 2.05) is 12.4 Å². The van der Waals surface area contributed by atoms with Crippen molar-refractivity contribution < 1.29 is 4.74 Å². The predicted octanol–water partition coefficient (Wildman–Crippen LogP) is 2.08. The van der Waals surface area contributed by atoms with Crippen molar-refractivity contribution in [3.05, 3.63) is 18.2 Å². The van der Waals surface area contributed by atoms with Gasteiger partial charge >= 0.3 is 0 Å². The topological polar surface area (TPSA) is 53.1 Å². The van der Waals surface area contributed by atoms with Crippen LogP contribution in [0.4, 0.5) is 0 Å². The Bertz CT molecular complexity index is 342. The van der Waals surface area contributed by atoms with E-state index in [0.717, 1.165) is 25.2 Å². The molecule has 1 aliphatic rings. The maximum Gasteiger partial charge on any atom is 0.134 e. The van der Waals surface area contributed by atoms with Crippen molar-refractivity contribution in [2.75, 3.05) is 6.61 Å². The summed E-state index contributed by atoms with van der Waals surface area (Å²) in [5.74, 6) is 0.993. The van der Waals surface area contributed by atoms with Gasteiger partial charge in [-0.25, -0.2) is 4.98 Å². The molecule has 1 aliphatic carbocycles. The normalized spacial score (nSPS) is 19.4. The Hall–Kier alpha value is -0.870. The molecule has 1 fully saturated rings. The van der Waals surface area contributed by atoms with Crippen LogP contribution in [0.5, 0.6) is 0 Å². The molecule has 0 aromatic carbocycles. The van der Waals surface area contributed by atoms with Gasteiger partial charge in [0.05, 0.1) is 6.61 Å². The lowest BCUT2D eigenvalue weighted by atomic mass is 9.83. The molecular formula is C13H23N3O. The third kappa shape index (κ3) is 3.30. The second-order valence-corrected chi connectivity index (χ2v) is 5.05. The van der Waals surface area contributed by atoms with Gasteiger partial charge < -0.3 is 15.0 Å². The maximum atomic E-state index is 6.32. The maximum absolute atomic E-state index is 6.32. The van der Waals surface area contributed by atoms with Crippen molar-refractivity contribution in [2.24, 2.45) is 5.73 Å². The molecule has 0 spiro atoms. The average Bonchev–Trinajstić information content (AvgIpc) is 2.77. The van der Waals surface area contributed by atoms with Crippen LogP contribution in [0.25, 0.3) is 0 Å². The van der Waals surface area contributed by atoms with Gasteiger partial charge in [-0.15, -0.1) is 0 Å². The summed E-state index contributed by atoms with van der Waals surface area (Å²) < 4.78 is 7.86. The molecule has 0 unspecified atom stereocenters. The van der Waals surface area contributed by atoms with Crippen LogP contribution in [0.15, 0.2) is 12.4 Å². The van der Waals surface area contributed by atoms with E-state index in [1.165, 1.54) is 19.3 Å². The van der Waals surface area contributed by atoms with Crippen molar-refractivity contribution in [1.82, 2.24) is 9.55 Å². The number of rotatable bonds is 5. The number of ether oxygens (including phenoxy) is 1. The Morgan fingerprint density at radius 2 is 2.18 bits per heavy atom. The lowest BCUT2D eigenvalue weighted by Crippen LogP contribution is -2.46. The fourth-order valence-corrected chi connectivity index (χ4v) is 2.51. The van der Waals surface area contributed by atoms with Crippen molar-refractivity contribution in [3.63, 3.8) is 0 Å². The minimum Gasteiger partial charge on any atom is -0.372 e. The zero-order valence-corrected chi connectivity index (χ0v) is 10.7. The summed E-state index contributed by atoms with van der Waals surface area (Å²) in [5.41, 5.74) is 6.22. The fourth-order valence-electron chi connectivity index (χ4n) is 2.51. The molecule has 1 aromatic rings. The lowest BCUT2D eigenvalue weighted by molar-refractivity contribution is 0.0526. The molecule has 2 rings (SSSR count). The Kier molecular flexibility index (Phi) is 4.18. The molecule has 0 aliphatic heterocycles. The van der Waals surface area contributed by atoms with E-state index in [2.05, 4.69) is 16.5 Å². The molecule has 4 nitrogen and oxygen atoms in total. The van der Waals surface area contributed by atoms with Crippen LogP contribution in [0.1, 0.15) is 44.9 Å². The Morgan fingerprint density at radius 1 is 1.41 bits per heavy atom. The van der Waals surface area contributed by atoms with Gasteiger partial charge in [0.15, 0.2) is 0 Å². The van der Waals surface area contributed by atoms with Crippen molar-refractivity contribution >= 4 is 0 Å². The van der Waals surface area contributed by atoms with Gasteiger partial charge in [0, 0.05) is 24.5 Å². The number of aromatic nitrogens is 2. The molecule has 0 radical (unpaired) electrons. The highest BCUT2D eigenvalue weighted by atomic mass is 16.5. The van der Waals surface area contributed by atoms with Crippen LogP contribution in [0.3, 0.4) is 0 Å². The van der Waals surface area contributed by atoms with Crippen LogP contribution >= 0.6 is 0 Å². The fraction of sp³-hybridized carbons (Fsp3) is 0.769. The van der Waals surface area contributed by atoms with Gasteiger partial charge in [-0.05, 0) is 19.8 Å². The molecule has 2 N–H and O–H groups in total. The first-order chi connectivity index (χ1) is 8.23. The molecule has 4 heteroatoms. The number of nitrogens with two attached hydrogens (primary N) is 1. The second-order valence-electron chi connectivity index (χ2n) is 5.05. The largest absolute Gasteiger partial charge is 0.372 e. The molecule has 0 amide bonds. The van der Waals surface area contributed by atoms with Crippen molar-refractivity contribution in [1.29, 1.82) is 0 Å². The number of nitrogens with zero attached hydrogens (tertiary/aromatic N) is 2. The van der Waals surface area contributed by atoms with E-state index in [4.69, 9.17) is 10.5 Å². The lowest BCUT2D eigenvalue weighted by Gasteiger charge is -2.32. The first-order valence-corrected chi connectivity index (χ1v) is 6.60. The zero-order valence-electron chi connectivity index (χ0n) is 10.7. The monoisotopic (exact) mass is 237 g/mol. The average molecular weight is 237 g/mol. The molecule has 0 atom stereocenters. The van der Waals surface area contributed by atoms with Crippen LogP contribution in [-0.2, 0) is 17.9 Å². The van der Waals surface area contributed by atoms with E-state index >= 15 is 0 Å². The van der Waals surface area contributed by atoms with Gasteiger partial charge in [0.25, 0.3) is 0 Å². The van der Waals surface area contributed by atoms with Gasteiger partial charge in [-0.2, -0.15) is 0 Å². The van der Waals surface area contributed by atoms with Crippen LogP contribution in [0.2, 0.25) is 0 Å². The summed E-state index contributed by atoms with van der Waals surface area (Å²) in [6.07, 6.45) is 9.79. The Labute approximate surface area is 103 Å². The zero-order chi connectivity index (χ0) is 12.1. The first-order valence-electron chi connectivity index (χ1n) is 6.60. The molecular weight excluding hydrogens is 214 g/mol. The van der Waals surface area contributed by atoms with E-state index in [1.54, 1.807) is 0 Å². The summed E-state index contributed by atoms with van der Waals surface area (Å²) in [4.78, 5) is 4.29. The van der Waals surface area contributed by atoms with Gasteiger partial charge in [0.2, 0.25) is 0 Å². The Morgan fingerprint density at radius 3 is 2.88 bits per heavy atom. The summed E-state index contributed by atoms with van der Waals surface area (Å²) in [6.45, 7) is 4.27. The van der Waals surface area contributed by atoms with Gasteiger partial charge in [-0.3, -0.25) is 0 Å². The van der Waals surface area contributed by atoms with E-state index in [-0.39, 0.29) is 5.54 Å². The molecule has 0 bridgehead atoms.